The normalized spacial score (nSPS) is 20.2. The molecule has 30 heavy (non-hydrogen) atoms. The Kier molecular flexibility index (Phi) is 7.06. The van der Waals surface area contributed by atoms with Crippen LogP contribution in [-0.4, -0.2) is 45.9 Å². The molecule has 6 nitrogen and oxygen atoms in total. The van der Waals surface area contributed by atoms with E-state index < -0.39 is 0 Å². The molecule has 0 spiro atoms. The molecule has 2 aromatic rings. The van der Waals surface area contributed by atoms with Gasteiger partial charge >= 0.3 is 0 Å². The number of ether oxygens (including phenoxy) is 1. The molecule has 1 N–H and O–H groups in total. The van der Waals surface area contributed by atoms with Crippen LogP contribution in [0, 0.1) is 11.8 Å². The maximum atomic E-state index is 13.3. The number of amides is 1. The van der Waals surface area contributed by atoms with Crippen molar-refractivity contribution in [3.63, 3.8) is 0 Å². The smallest absolute Gasteiger partial charge is 0.223 e. The number of carbonyl (C=O) groups excluding carboxylic acids is 1. The van der Waals surface area contributed by atoms with Gasteiger partial charge in [0.2, 0.25) is 5.91 Å². The van der Waals surface area contributed by atoms with Crippen molar-refractivity contribution >= 4 is 5.91 Å². The Labute approximate surface area is 179 Å². The third-order valence-corrected chi connectivity index (χ3v) is 6.14. The summed E-state index contributed by atoms with van der Waals surface area (Å²) in [5.74, 6) is 1.61. The van der Waals surface area contributed by atoms with E-state index in [2.05, 4.69) is 18.9 Å². The third kappa shape index (κ3) is 4.79. The molecule has 1 amide bonds. The third-order valence-electron chi connectivity index (χ3n) is 6.14. The number of rotatable bonds is 7. The van der Waals surface area contributed by atoms with Crippen LogP contribution < -0.4 is 4.74 Å². The van der Waals surface area contributed by atoms with Crippen molar-refractivity contribution in [2.24, 2.45) is 11.8 Å². The fourth-order valence-electron chi connectivity index (χ4n) is 4.68. The molecule has 0 aliphatic carbocycles. The molecule has 3 rings (SSSR count). The SMILES string of the molecule is CCc1cc(O)c(C(CC(=O)N2CC(C)CC(C)C2)c2cnn(CC)c2)c(OC)c1. The number of phenols is 1. The van der Waals surface area contributed by atoms with Gasteiger partial charge in [0.1, 0.15) is 11.5 Å². The number of aromatic hydroxyl groups is 1. The van der Waals surface area contributed by atoms with Gasteiger partial charge in [-0.1, -0.05) is 20.8 Å². The first-order valence-corrected chi connectivity index (χ1v) is 11.1. The number of benzene rings is 1. The van der Waals surface area contributed by atoms with Crippen molar-refractivity contribution in [3.8, 4) is 11.5 Å². The Morgan fingerprint density at radius 3 is 2.53 bits per heavy atom. The van der Waals surface area contributed by atoms with E-state index in [1.807, 2.05) is 35.7 Å². The number of aromatic nitrogens is 2. The van der Waals surface area contributed by atoms with Crippen molar-refractivity contribution in [3.05, 3.63) is 41.2 Å². The van der Waals surface area contributed by atoms with Gasteiger partial charge < -0.3 is 14.7 Å². The maximum Gasteiger partial charge on any atom is 0.223 e. The fourth-order valence-corrected chi connectivity index (χ4v) is 4.68. The minimum Gasteiger partial charge on any atom is -0.507 e. The van der Waals surface area contributed by atoms with Crippen LogP contribution >= 0.6 is 0 Å². The Morgan fingerprint density at radius 1 is 1.27 bits per heavy atom. The first kappa shape index (κ1) is 22.2. The zero-order valence-electron chi connectivity index (χ0n) is 18.9. The van der Waals surface area contributed by atoms with Gasteiger partial charge in [0.25, 0.3) is 0 Å². The molecule has 1 fully saturated rings. The highest BCUT2D eigenvalue weighted by Crippen LogP contribution is 2.41. The second-order valence-electron chi connectivity index (χ2n) is 8.72. The van der Waals surface area contributed by atoms with Gasteiger partial charge in [-0.2, -0.15) is 5.10 Å². The summed E-state index contributed by atoms with van der Waals surface area (Å²) in [5, 5.41) is 15.3. The van der Waals surface area contributed by atoms with Crippen molar-refractivity contribution in [2.45, 2.75) is 59.4 Å². The van der Waals surface area contributed by atoms with Crippen molar-refractivity contribution in [1.29, 1.82) is 0 Å². The largest absolute Gasteiger partial charge is 0.507 e. The molecular weight excluding hydrogens is 378 g/mol. The van der Waals surface area contributed by atoms with Crippen LogP contribution in [-0.2, 0) is 17.8 Å². The molecular formula is C24H35N3O3. The van der Waals surface area contributed by atoms with Gasteiger partial charge in [0.15, 0.2) is 0 Å². The predicted molar refractivity (Wildman–Crippen MR) is 118 cm³/mol. The van der Waals surface area contributed by atoms with E-state index >= 15 is 0 Å². The monoisotopic (exact) mass is 413 g/mol. The lowest BCUT2D eigenvalue weighted by Gasteiger charge is -2.36. The van der Waals surface area contributed by atoms with Crippen LogP contribution in [0.2, 0.25) is 0 Å². The van der Waals surface area contributed by atoms with Crippen LogP contribution in [0.1, 0.15) is 63.1 Å². The average Bonchev–Trinajstić information content (AvgIpc) is 3.20. The van der Waals surface area contributed by atoms with Crippen molar-refractivity contribution in [2.75, 3.05) is 20.2 Å². The fraction of sp³-hybridized carbons (Fsp3) is 0.583. The van der Waals surface area contributed by atoms with Crippen molar-refractivity contribution in [1.82, 2.24) is 14.7 Å². The lowest BCUT2D eigenvalue weighted by atomic mass is 9.86. The number of phenolic OH excluding ortho intramolecular Hbond substituents is 1. The highest BCUT2D eigenvalue weighted by Gasteiger charge is 2.31. The minimum absolute atomic E-state index is 0.115. The second-order valence-corrected chi connectivity index (χ2v) is 8.72. The first-order chi connectivity index (χ1) is 14.4. The van der Waals surface area contributed by atoms with Crippen molar-refractivity contribution < 1.29 is 14.6 Å². The molecule has 6 heteroatoms. The van der Waals surface area contributed by atoms with Crippen LogP contribution in [0.5, 0.6) is 11.5 Å². The van der Waals surface area contributed by atoms with E-state index in [9.17, 15) is 9.90 Å². The number of hydrogen-bond donors (Lipinski definition) is 1. The molecule has 3 atom stereocenters. The van der Waals surface area contributed by atoms with Gasteiger partial charge in [-0.15, -0.1) is 0 Å². The molecule has 3 unspecified atom stereocenters. The minimum atomic E-state index is -0.314. The molecule has 1 aliphatic heterocycles. The summed E-state index contributed by atoms with van der Waals surface area (Å²) in [6.45, 7) is 10.8. The van der Waals surface area contributed by atoms with Gasteiger partial charge in [-0.3, -0.25) is 9.48 Å². The molecule has 2 heterocycles. The van der Waals surface area contributed by atoms with Crippen LogP contribution in [0.15, 0.2) is 24.5 Å². The lowest BCUT2D eigenvalue weighted by Crippen LogP contribution is -2.43. The maximum absolute atomic E-state index is 13.3. The summed E-state index contributed by atoms with van der Waals surface area (Å²) >= 11 is 0. The van der Waals surface area contributed by atoms with Gasteiger partial charge in [0.05, 0.1) is 13.3 Å². The number of carbonyl (C=O) groups is 1. The topological polar surface area (TPSA) is 67.6 Å². The Hall–Kier alpha value is -2.50. The van der Waals surface area contributed by atoms with Crippen LogP contribution in [0.25, 0.3) is 0 Å². The van der Waals surface area contributed by atoms with E-state index in [1.54, 1.807) is 19.4 Å². The molecule has 0 bridgehead atoms. The van der Waals surface area contributed by atoms with Crippen LogP contribution in [0.3, 0.4) is 0 Å². The Morgan fingerprint density at radius 2 is 1.97 bits per heavy atom. The van der Waals surface area contributed by atoms with E-state index in [0.29, 0.717) is 23.1 Å². The molecule has 1 aromatic carbocycles. The van der Waals surface area contributed by atoms with E-state index in [-0.39, 0.29) is 24.0 Å². The van der Waals surface area contributed by atoms with Crippen LogP contribution in [0.4, 0.5) is 0 Å². The quantitative estimate of drug-likeness (QED) is 0.738. The summed E-state index contributed by atoms with van der Waals surface area (Å²) in [5.41, 5.74) is 2.58. The summed E-state index contributed by atoms with van der Waals surface area (Å²) < 4.78 is 7.50. The van der Waals surface area contributed by atoms with Gasteiger partial charge in [0, 0.05) is 43.7 Å². The van der Waals surface area contributed by atoms with E-state index in [4.69, 9.17) is 4.74 Å². The van der Waals surface area contributed by atoms with E-state index in [1.165, 1.54) is 0 Å². The molecule has 0 saturated carbocycles. The summed E-state index contributed by atoms with van der Waals surface area (Å²) in [7, 11) is 1.61. The Bertz CT molecular complexity index is 867. The zero-order chi connectivity index (χ0) is 21.8. The molecule has 164 valence electrons. The Balaban J connectivity index is 1.99. The number of nitrogens with zero attached hydrogens (tertiary/aromatic N) is 3. The standard InChI is InChI=1S/C24H35N3O3/c1-6-18-9-21(28)24(22(10-18)30-5)20(19-12-25-27(7-2)15-19)11-23(29)26-13-16(3)8-17(4)14-26/h9-10,12,15-17,20,28H,6-8,11,13-14H2,1-5H3. The summed E-state index contributed by atoms with van der Waals surface area (Å²) in [4.78, 5) is 15.3. The second kappa shape index (κ2) is 9.54. The molecule has 1 saturated heterocycles. The zero-order valence-corrected chi connectivity index (χ0v) is 18.9. The first-order valence-electron chi connectivity index (χ1n) is 11.1. The van der Waals surface area contributed by atoms with Gasteiger partial charge in [-0.25, -0.2) is 0 Å². The number of likely N-dealkylation sites (tertiary alicyclic amines) is 1. The predicted octanol–water partition coefficient (Wildman–Crippen LogP) is 4.21. The number of aryl methyl sites for hydroxylation is 2. The average molecular weight is 414 g/mol. The number of piperidine rings is 1. The highest BCUT2D eigenvalue weighted by molar-refractivity contribution is 5.78. The van der Waals surface area contributed by atoms with E-state index in [0.717, 1.165) is 43.6 Å². The molecule has 0 radical (unpaired) electrons. The highest BCUT2D eigenvalue weighted by atomic mass is 16.5. The summed E-state index contributed by atoms with van der Waals surface area (Å²) in [6, 6.07) is 3.74. The number of hydrogen-bond acceptors (Lipinski definition) is 4. The number of methoxy groups -OCH3 is 1. The summed E-state index contributed by atoms with van der Waals surface area (Å²) in [6.07, 6.45) is 6.00. The lowest BCUT2D eigenvalue weighted by molar-refractivity contribution is -0.134. The van der Waals surface area contributed by atoms with Gasteiger partial charge in [-0.05, 0) is 54.9 Å². The molecule has 1 aromatic heterocycles. The molecule has 1 aliphatic rings.